The van der Waals surface area contributed by atoms with Gasteiger partial charge in [-0.05, 0) is 79.0 Å². The van der Waals surface area contributed by atoms with Crippen LogP contribution in [0.1, 0.15) is 93.2 Å². The molecular formula is C51H74N8O11. The molecule has 3 saturated heterocycles. The van der Waals surface area contributed by atoms with E-state index in [1.807, 2.05) is 50.4 Å². The van der Waals surface area contributed by atoms with Crippen molar-refractivity contribution in [1.82, 2.24) is 34.3 Å². The molecule has 3 aliphatic heterocycles. The van der Waals surface area contributed by atoms with E-state index in [2.05, 4.69) is 26.5 Å². The van der Waals surface area contributed by atoms with Gasteiger partial charge in [0.25, 0.3) is 0 Å². The Morgan fingerprint density at radius 2 is 1.76 bits per heavy atom. The number of ether oxygens (including phenoxy) is 6. The Morgan fingerprint density at radius 1 is 1.04 bits per heavy atom. The third kappa shape index (κ3) is 12.0. The summed E-state index contributed by atoms with van der Waals surface area (Å²) in [6.07, 6.45) is 5.47. The molecule has 19 nitrogen and oxygen atoms in total. The molecule has 6 heterocycles. The van der Waals surface area contributed by atoms with E-state index in [1.165, 1.54) is 7.11 Å². The van der Waals surface area contributed by atoms with E-state index in [-0.39, 0.29) is 49.7 Å². The van der Waals surface area contributed by atoms with Crippen molar-refractivity contribution in [2.75, 3.05) is 33.0 Å². The number of nitrogens with two attached hydrogens (primary N) is 1. The second-order valence-corrected chi connectivity index (χ2v) is 19.9. The molecule has 3 N–H and O–H groups in total. The summed E-state index contributed by atoms with van der Waals surface area (Å²) in [4.78, 5) is 78.5. The van der Waals surface area contributed by atoms with Gasteiger partial charge in [-0.2, -0.15) is 0 Å². The number of aromatic nitrogens is 5. The number of anilines is 1. The number of aryl methyl sites for hydroxylation is 1. The zero-order valence-corrected chi connectivity index (χ0v) is 42.4. The number of methoxy groups -OCH3 is 1. The topological polar surface area (TPSA) is 233 Å². The van der Waals surface area contributed by atoms with Crippen LogP contribution in [0.3, 0.4) is 0 Å². The van der Waals surface area contributed by atoms with Crippen LogP contribution in [0, 0.1) is 23.7 Å². The van der Waals surface area contributed by atoms with Crippen LogP contribution in [0.15, 0.2) is 62.0 Å². The molecule has 6 rings (SSSR count). The van der Waals surface area contributed by atoms with Gasteiger partial charge in [0.05, 0.1) is 53.9 Å². The second-order valence-electron chi connectivity index (χ2n) is 19.9. The molecule has 3 fully saturated rings. The molecule has 3 aliphatic rings. The molecule has 1 amide bonds. The van der Waals surface area contributed by atoms with Gasteiger partial charge in [-0.1, -0.05) is 39.8 Å². The number of pyridine rings is 1. The van der Waals surface area contributed by atoms with E-state index in [0.29, 0.717) is 43.7 Å². The normalized spacial score (nSPS) is 33.3. The number of rotatable bonds is 16. The molecule has 19 heteroatoms. The largest absolute Gasteiger partial charge is 0.461 e. The van der Waals surface area contributed by atoms with Crippen molar-refractivity contribution in [1.29, 1.82) is 0 Å². The average Bonchev–Trinajstić information content (AvgIpc) is 3.91. The number of ketones is 1. The number of nitrogen functional groups attached to an aromatic ring is 1. The van der Waals surface area contributed by atoms with Crippen LogP contribution < -0.4 is 5.73 Å². The van der Waals surface area contributed by atoms with Crippen LogP contribution >= 0.6 is 0 Å². The van der Waals surface area contributed by atoms with Crippen LogP contribution in [0.5, 0.6) is 0 Å². The van der Waals surface area contributed by atoms with Gasteiger partial charge in [-0.15, -0.1) is 6.58 Å². The van der Waals surface area contributed by atoms with Crippen LogP contribution in [0.4, 0.5) is 10.7 Å². The van der Waals surface area contributed by atoms with Crippen molar-refractivity contribution in [3.05, 3.63) is 67.7 Å². The number of carbonyl (C=O) groups is 4. The maximum Gasteiger partial charge on any atom is 0.410 e. The summed E-state index contributed by atoms with van der Waals surface area (Å²) in [6, 6.07) is 3.99. The highest BCUT2D eigenvalue weighted by Gasteiger charge is 2.60. The molecule has 3 aromatic heterocycles. The predicted octanol–water partition coefficient (Wildman–Crippen LogP) is 5.44. The van der Waals surface area contributed by atoms with E-state index >= 15 is 4.79 Å². The van der Waals surface area contributed by atoms with Crippen LogP contribution in [-0.4, -0.2) is 151 Å². The summed E-state index contributed by atoms with van der Waals surface area (Å²) in [5.74, 6) is -4.83. The first-order valence-electron chi connectivity index (χ1n) is 24.5. The zero-order chi connectivity index (χ0) is 51.1. The highest BCUT2D eigenvalue weighted by molar-refractivity contribution is 5.85. The summed E-state index contributed by atoms with van der Waals surface area (Å²) < 4.78 is 40.7. The summed E-state index contributed by atoms with van der Waals surface area (Å²) in [5, 5.41) is 11.9. The molecule has 0 aromatic carbocycles. The fourth-order valence-electron chi connectivity index (χ4n) is 10.8. The van der Waals surface area contributed by atoms with Gasteiger partial charge in [0.1, 0.15) is 24.1 Å². The number of likely N-dealkylation sites (N-methyl/N-ethyl adjacent to an activating group) is 1. The first-order chi connectivity index (χ1) is 33.2. The maximum atomic E-state index is 15.1. The fraction of sp³-hybridized carbons (Fsp3) is 0.647. The molecule has 14 atom stereocenters. The first kappa shape index (κ1) is 54.0. The van der Waals surface area contributed by atoms with E-state index in [0.717, 1.165) is 5.56 Å². The number of hydrogen-bond acceptors (Lipinski definition) is 17. The van der Waals surface area contributed by atoms with Crippen LogP contribution in [0.2, 0.25) is 0 Å². The number of esters is 2. The Morgan fingerprint density at radius 3 is 2.41 bits per heavy atom. The van der Waals surface area contributed by atoms with Crippen molar-refractivity contribution in [2.45, 2.75) is 161 Å². The number of imidazole rings is 1. The Hall–Kier alpha value is -5.34. The van der Waals surface area contributed by atoms with Gasteiger partial charge in [0.2, 0.25) is 5.95 Å². The standard InChI is InChI=1S/C51H74N8O11/c1-12-20-57(10)38-23-31(4)66-47(42(38)62)69-45-33(6)43(68-40(60)24-36-18-14-15-19-53-36)34(7)46(63)67-39(13-2)51(9)44(32(5)41(61)30(3)25-50(45,8)65-11)59(49(64)70-51)22-17-16-21-58-28-37(56-29-58)35-26-54-48(52)55-27-35/h12,14-15,18-19,26-34,38-39,42-45,47,62H,1,13,16-17,20-25H2,2-11H3,(H2,52,54,55)/t30-,31-,32+,33+,34-,38+,39-,42-,43+,44-,45-,47+,50-,51-/m1/s1. The Labute approximate surface area is 411 Å². The van der Waals surface area contributed by atoms with Gasteiger partial charge in [-0.25, -0.2) is 19.7 Å². The minimum atomic E-state index is -1.46. The van der Waals surface area contributed by atoms with E-state index in [9.17, 15) is 19.5 Å². The molecule has 0 radical (unpaired) electrons. The third-order valence-corrected chi connectivity index (χ3v) is 14.6. The van der Waals surface area contributed by atoms with E-state index in [4.69, 9.17) is 34.2 Å². The maximum absolute atomic E-state index is 15.1. The second kappa shape index (κ2) is 23.3. The van der Waals surface area contributed by atoms with Crippen molar-refractivity contribution in [3.63, 3.8) is 0 Å². The number of aliphatic hydroxyl groups excluding tert-OH is 1. The SMILES string of the molecule is C=CCN(C)[C@H]1C[C@@H](C)O[C@@H](O[C@@H]2[C@@H](C)[C@H](OC(=O)Cc3ccccn3)[C@@H](C)C(=O)O[C@H](CC)[C@@]3(C)OC(=O)N(CCCCn4cnc(-c5cnc(N)nc5)c4)[C@@H]3[C@@H](C)C(=O)[C@H](C)C[C@@]2(C)OC)[C@@H]1O. The molecule has 0 aliphatic carbocycles. The third-order valence-electron chi connectivity index (χ3n) is 14.6. The summed E-state index contributed by atoms with van der Waals surface area (Å²) >= 11 is 0. The minimum absolute atomic E-state index is 0.0953. The number of hydrogen-bond donors (Lipinski definition) is 2. The summed E-state index contributed by atoms with van der Waals surface area (Å²) in [6.45, 7) is 19.5. The van der Waals surface area contributed by atoms with E-state index in [1.54, 1.807) is 81.8 Å². The van der Waals surface area contributed by atoms with Crippen LogP contribution in [-0.2, 0) is 55.8 Å². The number of Topliss-reactive ketones (excluding diaryl/α,β-unsaturated/α-hetero) is 1. The lowest BCUT2D eigenvalue weighted by atomic mass is 9.73. The quantitative estimate of drug-likeness (QED) is 0.0787. The molecule has 384 valence electrons. The lowest BCUT2D eigenvalue weighted by Crippen LogP contribution is -2.61. The number of amides is 1. The van der Waals surface area contributed by atoms with Crippen molar-refractivity contribution >= 4 is 29.8 Å². The number of nitrogens with zero attached hydrogens (tertiary/aromatic N) is 7. The van der Waals surface area contributed by atoms with Crippen LogP contribution in [0.25, 0.3) is 11.3 Å². The monoisotopic (exact) mass is 975 g/mol. The molecule has 3 aromatic rings. The zero-order valence-electron chi connectivity index (χ0n) is 42.4. The van der Waals surface area contributed by atoms with Gasteiger partial charge in [0.15, 0.2) is 11.9 Å². The molecule has 0 unspecified atom stereocenters. The Kier molecular flexibility index (Phi) is 17.9. The lowest BCUT2D eigenvalue weighted by molar-refractivity contribution is -0.302. The molecule has 0 bridgehead atoms. The summed E-state index contributed by atoms with van der Waals surface area (Å²) in [7, 11) is 3.40. The smallest absolute Gasteiger partial charge is 0.410 e. The lowest BCUT2D eigenvalue weighted by Gasteiger charge is -2.48. The molecule has 70 heavy (non-hydrogen) atoms. The van der Waals surface area contributed by atoms with Crippen molar-refractivity contribution in [3.8, 4) is 11.3 Å². The molecule has 0 saturated carbocycles. The number of unbranched alkanes of at least 4 members (excludes halogenated alkanes) is 1. The van der Waals surface area contributed by atoms with Gasteiger partial charge in [-0.3, -0.25) is 24.3 Å². The highest BCUT2D eigenvalue weighted by Crippen LogP contribution is 2.44. The Bertz CT molecular complexity index is 2250. The Balaban J connectivity index is 1.34. The number of aliphatic hydroxyl groups is 1. The fourth-order valence-corrected chi connectivity index (χ4v) is 10.8. The van der Waals surface area contributed by atoms with Gasteiger partial charge < -0.3 is 48.7 Å². The number of carbonyl (C=O) groups excluding carboxylic acids is 4. The van der Waals surface area contributed by atoms with Crippen molar-refractivity contribution in [2.24, 2.45) is 23.7 Å². The molecular weight excluding hydrogens is 901 g/mol. The number of cyclic esters (lactones) is 1. The summed E-state index contributed by atoms with van der Waals surface area (Å²) in [5.41, 5.74) is 4.75. The highest BCUT2D eigenvalue weighted by atomic mass is 16.7. The van der Waals surface area contributed by atoms with E-state index < -0.39 is 89.7 Å². The van der Waals surface area contributed by atoms with Gasteiger partial charge >= 0.3 is 18.0 Å². The average molecular weight is 975 g/mol. The minimum Gasteiger partial charge on any atom is -0.461 e. The van der Waals surface area contributed by atoms with Gasteiger partial charge in [0, 0.05) is 80.9 Å². The molecule has 0 spiro atoms. The predicted molar refractivity (Wildman–Crippen MR) is 258 cm³/mol. The number of fused-ring (bicyclic) bond motifs is 1. The van der Waals surface area contributed by atoms with Crippen molar-refractivity contribution < 1.29 is 52.7 Å². The first-order valence-corrected chi connectivity index (χ1v) is 24.5.